The number of hydrogen-bond acceptors (Lipinski definition) is 1. The number of halogens is 3. The lowest BCUT2D eigenvalue weighted by molar-refractivity contribution is -0.105. The van der Waals surface area contributed by atoms with E-state index in [0.29, 0.717) is 21.3 Å². The summed E-state index contributed by atoms with van der Waals surface area (Å²) in [7, 11) is 1.71. The Morgan fingerprint density at radius 1 is 1.33 bits per heavy atom. The molecule has 0 fully saturated rings. The van der Waals surface area contributed by atoms with Crippen LogP contribution in [-0.2, 0) is 4.79 Å². The van der Waals surface area contributed by atoms with Gasteiger partial charge in [-0.25, -0.2) is 0 Å². The third-order valence-corrected chi connectivity index (χ3v) is 3.66. The fourth-order valence-corrected chi connectivity index (χ4v) is 2.22. The SMILES string of the molecule is C[N+]1(Cl)C(C=O)=Cc2c1ccc(Cl)c2Cl. The van der Waals surface area contributed by atoms with Gasteiger partial charge in [0.25, 0.3) is 0 Å². The Balaban J connectivity index is 2.73. The first kappa shape index (κ1) is 11.0. The van der Waals surface area contributed by atoms with Crippen molar-refractivity contribution in [2.45, 2.75) is 0 Å². The molecule has 1 aromatic carbocycles. The summed E-state index contributed by atoms with van der Waals surface area (Å²) in [4.78, 5) is 10.8. The van der Waals surface area contributed by atoms with Gasteiger partial charge in [-0.3, -0.25) is 4.79 Å². The van der Waals surface area contributed by atoms with E-state index in [0.717, 1.165) is 12.0 Å². The topological polar surface area (TPSA) is 17.1 Å². The van der Waals surface area contributed by atoms with E-state index in [2.05, 4.69) is 0 Å². The smallest absolute Gasteiger partial charge is 0.205 e. The van der Waals surface area contributed by atoms with Crippen LogP contribution in [0.2, 0.25) is 10.0 Å². The van der Waals surface area contributed by atoms with Gasteiger partial charge in [0.2, 0.25) is 6.29 Å². The van der Waals surface area contributed by atoms with Gasteiger partial charge in [-0.2, -0.15) is 4.00 Å². The first-order valence-electron chi connectivity index (χ1n) is 4.20. The molecule has 0 bridgehead atoms. The number of benzene rings is 1. The highest BCUT2D eigenvalue weighted by molar-refractivity contribution is 6.44. The molecular weight excluding hydrogens is 256 g/mol. The Hall–Kier alpha value is -0.540. The zero-order valence-corrected chi connectivity index (χ0v) is 10.1. The van der Waals surface area contributed by atoms with Crippen LogP contribution in [0.3, 0.4) is 0 Å². The highest BCUT2D eigenvalue weighted by atomic mass is 35.5. The second-order valence-corrected chi connectivity index (χ2v) is 4.84. The van der Waals surface area contributed by atoms with Crippen LogP contribution in [0.1, 0.15) is 5.56 Å². The van der Waals surface area contributed by atoms with Gasteiger partial charge in [-0.05, 0) is 6.07 Å². The van der Waals surface area contributed by atoms with Crippen LogP contribution in [0.4, 0.5) is 5.69 Å². The van der Waals surface area contributed by atoms with Crippen molar-refractivity contribution in [3.05, 3.63) is 33.4 Å². The minimum absolute atomic E-state index is 0.115. The molecular formula is C10H7Cl3NO+. The summed E-state index contributed by atoms with van der Waals surface area (Å²) in [6.45, 7) is 0. The van der Waals surface area contributed by atoms with E-state index in [1.807, 2.05) is 0 Å². The Morgan fingerprint density at radius 3 is 2.60 bits per heavy atom. The fourth-order valence-electron chi connectivity index (χ4n) is 1.60. The van der Waals surface area contributed by atoms with E-state index >= 15 is 0 Å². The lowest BCUT2D eigenvalue weighted by Crippen LogP contribution is -2.30. The predicted octanol–water partition coefficient (Wildman–Crippen LogP) is 3.64. The lowest BCUT2D eigenvalue weighted by atomic mass is 10.2. The van der Waals surface area contributed by atoms with Crippen molar-refractivity contribution in [1.29, 1.82) is 0 Å². The number of allylic oxidation sites excluding steroid dienone is 1. The molecule has 78 valence electrons. The number of quaternary nitrogens is 1. The number of hydrogen-bond donors (Lipinski definition) is 0. The summed E-state index contributed by atoms with van der Waals surface area (Å²) in [6.07, 6.45) is 2.38. The van der Waals surface area contributed by atoms with Crippen LogP contribution in [0.25, 0.3) is 6.08 Å². The number of nitrogens with zero attached hydrogens (tertiary/aromatic N) is 1. The molecule has 5 heteroatoms. The van der Waals surface area contributed by atoms with Gasteiger partial charge in [0.05, 0.1) is 22.7 Å². The molecule has 0 saturated carbocycles. The van der Waals surface area contributed by atoms with Gasteiger partial charge in [0.15, 0.2) is 23.2 Å². The second kappa shape index (κ2) is 3.49. The van der Waals surface area contributed by atoms with Crippen molar-refractivity contribution < 1.29 is 4.79 Å². The van der Waals surface area contributed by atoms with Gasteiger partial charge in [0.1, 0.15) is 0 Å². The molecule has 0 amide bonds. The minimum Gasteiger partial charge on any atom is -0.292 e. The molecule has 1 heterocycles. The molecule has 0 aliphatic carbocycles. The van der Waals surface area contributed by atoms with E-state index in [1.165, 1.54) is 0 Å². The molecule has 1 aromatic rings. The van der Waals surface area contributed by atoms with Crippen molar-refractivity contribution in [1.82, 2.24) is 4.00 Å². The molecule has 2 nitrogen and oxygen atoms in total. The molecule has 0 aromatic heterocycles. The van der Waals surface area contributed by atoms with E-state index in [-0.39, 0.29) is 4.00 Å². The molecule has 2 rings (SSSR count). The van der Waals surface area contributed by atoms with Crippen molar-refractivity contribution in [2.75, 3.05) is 7.05 Å². The molecule has 0 spiro atoms. The van der Waals surface area contributed by atoms with Crippen LogP contribution in [0.5, 0.6) is 0 Å². The molecule has 1 aliphatic rings. The quantitative estimate of drug-likeness (QED) is 0.558. The third-order valence-electron chi connectivity index (χ3n) is 2.46. The normalized spacial score (nSPS) is 23.6. The number of likely N-dealkylation sites (N-methyl/N-ethyl adjacent to an activating group) is 1. The number of fused-ring (bicyclic) bond motifs is 1. The van der Waals surface area contributed by atoms with Crippen molar-refractivity contribution in [3.63, 3.8) is 0 Å². The number of carbonyl (C=O) groups is 1. The van der Waals surface area contributed by atoms with Crippen LogP contribution in [0, 0.1) is 0 Å². The molecule has 1 aliphatic heterocycles. The third kappa shape index (κ3) is 1.49. The summed E-state index contributed by atoms with van der Waals surface area (Å²) >= 11 is 18.1. The first-order valence-corrected chi connectivity index (χ1v) is 5.30. The largest absolute Gasteiger partial charge is 0.292 e. The van der Waals surface area contributed by atoms with Gasteiger partial charge in [-0.15, -0.1) is 0 Å². The van der Waals surface area contributed by atoms with Crippen LogP contribution >= 0.6 is 35.0 Å². The maximum Gasteiger partial charge on any atom is 0.205 e. The summed E-state index contributed by atoms with van der Waals surface area (Å²) in [5, 5.41) is 0.881. The van der Waals surface area contributed by atoms with E-state index < -0.39 is 0 Å². The first-order chi connectivity index (χ1) is 6.98. The molecule has 1 atom stereocenters. The van der Waals surface area contributed by atoms with E-state index in [9.17, 15) is 4.79 Å². The van der Waals surface area contributed by atoms with Crippen molar-refractivity contribution >= 4 is 53.0 Å². The van der Waals surface area contributed by atoms with Gasteiger partial charge in [0, 0.05) is 12.1 Å². The maximum absolute atomic E-state index is 10.8. The molecule has 15 heavy (non-hydrogen) atoms. The monoisotopic (exact) mass is 262 g/mol. The van der Waals surface area contributed by atoms with Crippen molar-refractivity contribution in [3.8, 4) is 0 Å². The summed E-state index contributed by atoms with van der Waals surface area (Å²) < 4.78 is -0.115. The van der Waals surface area contributed by atoms with E-state index in [4.69, 9.17) is 35.0 Å². The number of rotatable bonds is 1. The van der Waals surface area contributed by atoms with Gasteiger partial charge < -0.3 is 0 Å². The van der Waals surface area contributed by atoms with Gasteiger partial charge in [-0.1, -0.05) is 23.2 Å². The average Bonchev–Trinajstić information content (AvgIpc) is 2.44. The Morgan fingerprint density at radius 2 is 2.00 bits per heavy atom. The minimum atomic E-state index is -0.115. The average molecular weight is 264 g/mol. The Kier molecular flexibility index (Phi) is 2.55. The van der Waals surface area contributed by atoms with Crippen molar-refractivity contribution in [2.24, 2.45) is 0 Å². The number of aldehydes is 1. The highest BCUT2D eigenvalue weighted by Gasteiger charge is 2.38. The lowest BCUT2D eigenvalue weighted by Gasteiger charge is -2.19. The second-order valence-electron chi connectivity index (χ2n) is 3.38. The molecule has 0 saturated heterocycles. The molecule has 0 radical (unpaired) electrons. The Bertz CT molecular complexity index is 480. The summed E-state index contributed by atoms with van der Waals surface area (Å²) in [5.41, 5.74) is 1.91. The predicted molar refractivity (Wildman–Crippen MR) is 64.1 cm³/mol. The Labute approximate surface area is 102 Å². The zero-order valence-electron chi connectivity index (χ0n) is 7.80. The summed E-state index contributed by atoms with van der Waals surface area (Å²) in [6, 6.07) is 3.44. The molecule has 1 unspecified atom stereocenters. The fraction of sp³-hybridized carbons (Fsp3) is 0.100. The standard InChI is InChI=1S/C10H7Cl3NO/c1-14(13)6(5-15)4-7-9(14)3-2-8(11)10(7)12/h2-5H,1H3/q+1. The van der Waals surface area contributed by atoms with Crippen LogP contribution < -0.4 is 4.00 Å². The highest BCUT2D eigenvalue weighted by Crippen LogP contribution is 2.45. The van der Waals surface area contributed by atoms with E-state index in [1.54, 1.807) is 25.3 Å². The van der Waals surface area contributed by atoms with Crippen LogP contribution in [0.15, 0.2) is 17.8 Å². The number of carbonyl (C=O) groups excluding carboxylic acids is 1. The summed E-state index contributed by atoms with van der Waals surface area (Å²) in [5.74, 6) is 0. The maximum atomic E-state index is 10.8. The zero-order chi connectivity index (χ0) is 11.2. The van der Waals surface area contributed by atoms with Gasteiger partial charge >= 0.3 is 0 Å². The van der Waals surface area contributed by atoms with Crippen LogP contribution in [-0.4, -0.2) is 13.3 Å². The molecule has 0 N–H and O–H groups in total.